The number of hydrogen-bond acceptors (Lipinski definition) is 1. The van der Waals surface area contributed by atoms with Crippen molar-refractivity contribution in [3.05, 3.63) is 30.0 Å². The summed E-state index contributed by atoms with van der Waals surface area (Å²) >= 11 is 0. The van der Waals surface area contributed by atoms with E-state index in [-0.39, 0.29) is 5.75 Å². The number of alkyl halides is 3. The standard InChI is InChI=1S/C10H8F3NO/c1-15-9-4-6-2-3-14-8(6)5-7(9)10(11,12)13/h2-5,14H,1H3. The molecule has 0 aliphatic heterocycles. The second kappa shape index (κ2) is 3.18. The van der Waals surface area contributed by atoms with Crippen LogP contribution < -0.4 is 4.74 Å². The van der Waals surface area contributed by atoms with Gasteiger partial charge in [0, 0.05) is 17.1 Å². The van der Waals surface area contributed by atoms with Gasteiger partial charge >= 0.3 is 6.18 Å². The van der Waals surface area contributed by atoms with E-state index in [0.717, 1.165) is 6.07 Å². The maximum absolute atomic E-state index is 12.6. The molecule has 1 N–H and O–H groups in total. The van der Waals surface area contributed by atoms with Crippen LogP contribution in [-0.4, -0.2) is 12.1 Å². The smallest absolute Gasteiger partial charge is 0.420 e. The highest BCUT2D eigenvalue weighted by Crippen LogP contribution is 2.38. The van der Waals surface area contributed by atoms with Gasteiger partial charge in [0.2, 0.25) is 0 Å². The van der Waals surface area contributed by atoms with Gasteiger partial charge in [-0.15, -0.1) is 0 Å². The van der Waals surface area contributed by atoms with Crippen LogP contribution in [-0.2, 0) is 6.18 Å². The lowest BCUT2D eigenvalue weighted by molar-refractivity contribution is -0.138. The molecule has 15 heavy (non-hydrogen) atoms. The average Bonchev–Trinajstić information content (AvgIpc) is 2.60. The van der Waals surface area contributed by atoms with Crippen molar-refractivity contribution in [3.8, 4) is 5.75 Å². The summed E-state index contributed by atoms with van der Waals surface area (Å²) in [4.78, 5) is 2.73. The van der Waals surface area contributed by atoms with E-state index in [0.29, 0.717) is 10.9 Å². The normalized spacial score (nSPS) is 12.0. The van der Waals surface area contributed by atoms with Gasteiger partial charge in [-0.05, 0) is 18.2 Å². The Kier molecular flexibility index (Phi) is 2.10. The lowest BCUT2D eigenvalue weighted by Gasteiger charge is -2.11. The number of benzene rings is 1. The van der Waals surface area contributed by atoms with E-state index in [1.807, 2.05) is 0 Å². The number of aromatic amines is 1. The zero-order valence-electron chi connectivity index (χ0n) is 7.85. The molecule has 0 atom stereocenters. The van der Waals surface area contributed by atoms with E-state index in [4.69, 9.17) is 4.74 Å². The van der Waals surface area contributed by atoms with Gasteiger partial charge in [-0.2, -0.15) is 13.2 Å². The summed E-state index contributed by atoms with van der Waals surface area (Å²) in [5.41, 5.74) is -0.317. The molecule has 0 saturated heterocycles. The number of hydrogen-bond donors (Lipinski definition) is 1. The van der Waals surface area contributed by atoms with Crippen molar-refractivity contribution >= 4 is 10.9 Å². The van der Waals surface area contributed by atoms with E-state index in [2.05, 4.69) is 4.98 Å². The molecule has 2 rings (SSSR count). The van der Waals surface area contributed by atoms with Crippen molar-refractivity contribution in [2.75, 3.05) is 7.11 Å². The maximum Gasteiger partial charge on any atom is 0.420 e. The molecule has 0 unspecified atom stereocenters. The summed E-state index contributed by atoms with van der Waals surface area (Å²) in [6, 6.07) is 4.11. The lowest BCUT2D eigenvalue weighted by atomic mass is 10.1. The second-order valence-corrected chi connectivity index (χ2v) is 3.12. The molecule has 2 aromatic rings. The first kappa shape index (κ1) is 9.89. The van der Waals surface area contributed by atoms with E-state index in [9.17, 15) is 13.2 Å². The monoisotopic (exact) mass is 215 g/mol. The molecule has 0 bridgehead atoms. The van der Waals surface area contributed by atoms with Crippen molar-refractivity contribution in [2.24, 2.45) is 0 Å². The van der Waals surface area contributed by atoms with Crippen LogP contribution in [0.4, 0.5) is 13.2 Å². The molecule has 0 saturated carbocycles. The largest absolute Gasteiger partial charge is 0.496 e. The van der Waals surface area contributed by atoms with Crippen LogP contribution in [0.25, 0.3) is 10.9 Å². The fourth-order valence-corrected chi connectivity index (χ4v) is 1.47. The van der Waals surface area contributed by atoms with Crippen LogP contribution in [0.5, 0.6) is 5.75 Å². The van der Waals surface area contributed by atoms with Crippen molar-refractivity contribution in [3.63, 3.8) is 0 Å². The maximum atomic E-state index is 12.6. The third kappa shape index (κ3) is 1.65. The fourth-order valence-electron chi connectivity index (χ4n) is 1.47. The van der Waals surface area contributed by atoms with Gasteiger partial charge in [0.25, 0.3) is 0 Å². The SMILES string of the molecule is COc1cc2cc[nH]c2cc1C(F)(F)F. The summed E-state index contributed by atoms with van der Waals surface area (Å²) in [5, 5.41) is 0.694. The van der Waals surface area contributed by atoms with Gasteiger partial charge in [-0.25, -0.2) is 0 Å². The molecule has 0 spiro atoms. The first-order valence-corrected chi connectivity index (χ1v) is 4.24. The van der Waals surface area contributed by atoms with Gasteiger partial charge < -0.3 is 9.72 Å². The Balaban J connectivity index is 2.70. The molecule has 1 aromatic heterocycles. The van der Waals surface area contributed by atoms with Crippen LogP contribution >= 0.6 is 0 Å². The van der Waals surface area contributed by atoms with Crippen molar-refractivity contribution in [2.45, 2.75) is 6.18 Å². The summed E-state index contributed by atoms with van der Waals surface area (Å²) in [7, 11) is 1.23. The number of aromatic nitrogens is 1. The molecule has 1 heterocycles. The molecule has 0 fully saturated rings. The van der Waals surface area contributed by atoms with E-state index in [1.165, 1.54) is 13.2 Å². The van der Waals surface area contributed by atoms with Crippen molar-refractivity contribution < 1.29 is 17.9 Å². The summed E-state index contributed by atoms with van der Waals surface area (Å²) < 4.78 is 42.4. The topological polar surface area (TPSA) is 25.0 Å². The van der Waals surface area contributed by atoms with Gasteiger partial charge in [0.05, 0.1) is 12.7 Å². The molecule has 80 valence electrons. The minimum absolute atomic E-state index is 0.158. The minimum Gasteiger partial charge on any atom is -0.496 e. The highest BCUT2D eigenvalue weighted by molar-refractivity contribution is 5.82. The Bertz CT molecular complexity index is 487. The van der Waals surface area contributed by atoms with Gasteiger partial charge in [-0.3, -0.25) is 0 Å². The highest BCUT2D eigenvalue weighted by atomic mass is 19.4. The Hall–Kier alpha value is -1.65. The average molecular weight is 215 g/mol. The Morgan fingerprint density at radius 2 is 2.00 bits per heavy atom. The first-order valence-electron chi connectivity index (χ1n) is 4.24. The molecule has 0 aliphatic carbocycles. The summed E-state index contributed by atoms with van der Waals surface area (Å²) in [5.74, 6) is -0.158. The minimum atomic E-state index is -4.40. The molecule has 0 radical (unpaired) electrons. The van der Waals surface area contributed by atoms with Gasteiger partial charge in [0.1, 0.15) is 5.75 Å². The number of ether oxygens (including phenoxy) is 1. The number of rotatable bonds is 1. The van der Waals surface area contributed by atoms with E-state index < -0.39 is 11.7 Å². The third-order valence-corrected chi connectivity index (χ3v) is 2.18. The Labute approximate surface area is 83.7 Å². The molecule has 5 heteroatoms. The van der Waals surface area contributed by atoms with Gasteiger partial charge in [0.15, 0.2) is 0 Å². The van der Waals surface area contributed by atoms with Crippen LogP contribution in [0.1, 0.15) is 5.56 Å². The number of halogens is 3. The number of nitrogens with one attached hydrogen (secondary N) is 1. The highest BCUT2D eigenvalue weighted by Gasteiger charge is 2.34. The van der Waals surface area contributed by atoms with Crippen LogP contribution in [0.15, 0.2) is 24.4 Å². The number of fused-ring (bicyclic) bond motifs is 1. The molecule has 2 nitrogen and oxygen atoms in total. The zero-order valence-corrected chi connectivity index (χ0v) is 7.85. The first-order chi connectivity index (χ1) is 7.02. The van der Waals surface area contributed by atoms with Crippen LogP contribution in [0.2, 0.25) is 0 Å². The van der Waals surface area contributed by atoms with E-state index >= 15 is 0 Å². The molecule has 1 aromatic carbocycles. The summed E-state index contributed by atoms with van der Waals surface area (Å²) in [6.45, 7) is 0. The lowest BCUT2D eigenvalue weighted by Crippen LogP contribution is -2.07. The van der Waals surface area contributed by atoms with Crippen LogP contribution in [0, 0.1) is 0 Å². The predicted octanol–water partition coefficient (Wildman–Crippen LogP) is 3.20. The van der Waals surface area contributed by atoms with Crippen molar-refractivity contribution in [1.82, 2.24) is 4.98 Å². The molecular weight excluding hydrogens is 207 g/mol. The van der Waals surface area contributed by atoms with Gasteiger partial charge in [-0.1, -0.05) is 0 Å². The second-order valence-electron chi connectivity index (χ2n) is 3.12. The number of H-pyrrole nitrogens is 1. The Morgan fingerprint density at radius 3 is 2.60 bits per heavy atom. The fraction of sp³-hybridized carbons (Fsp3) is 0.200. The molecular formula is C10H8F3NO. The summed E-state index contributed by atoms with van der Waals surface area (Å²) in [6.07, 6.45) is -2.81. The predicted molar refractivity (Wildman–Crippen MR) is 49.9 cm³/mol. The Morgan fingerprint density at radius 1 is 1.27 bits per heavy atom. The quantitative estimate of drug-likeness (QED) is 0.776. The van der Waals surface area contributed by atoms with Crippen LogP contribution in [0.3, 0.4) is 0 Å². The molecule has 0 aliphatic rings. The number of methoxy groups -OCH3 is 1. The van der Waals surface area contributed by atoms with Crippen molar-refractivity contribution in [1.29, 1.82) is 0 Å². The zero-order chi connectivity index (χ0) is 11.1. The van der Waals surface area contributed by atoms with E-state index in [1.54, 1.807) is 12.3 Å². The molecule has 0 amide bonds. The third-order valence-electron chi connectivity index (χ3n) is 2.18.